The van der Waals surface area contributed by atoms with E-state index in [1.54, 1.807) is 24.4 Å². The summed E-state index contributed by atoms with van der Waals surface area (Å²) in [4.78, 5) is 17.4. The van der Waals surface area contributed by atoms with E-state index >= 15 is 0 Å². The fourth-order valence-electron chi connectivity index (χ4n) is 3.71. The van der Waals surface area contributed by atoms with Gasteiger partial charge in [-0.25, -0.2) is 9.37 Å². The van der Waals surface area contributed by atoms with Crippen LogP contribution in [0.1, 0.15) is 40.3 Å². The number of rotatable bonds is 5. The maximum Gasteiger partial charge on any atom is 0.225 e. The largest absolute Gasteiger partial charge is 0.326 e. The van der Waals surface area contributed by atoms with Gasteiger partial charge in [0.1, 0.15) is 11.5 Å². The molecule has 0 aliphatic carbocycles. The summed E-state index contributed by atoms with van der Waals surface area (Å²) in [6, 6.07) is 16.4. The normalized spacial score (nSPS) is 12.1. The van der Waals surface area contributed by atoms with Crippen LogP contribution in [0.3, 0.4) is 0 Å². The second-order valence-corrected chi connectivity index (χ2v) is 7.74. The Morgan fingerprint density at radius 2 is 1.87 bits per heavy atom. The SMILES string of the molecule is Cc1ccn2c(C(CC(=O)Nc3ccc(C)c(C)c3)c3ccccc3F)cnc2c1. The molecule has 2 heterocycles. The van der Waals surface area contributed by atoms with Gasteiger partial charge in [-0.1, -0.05) is 24.3 Å². The molecule has 0 saturated heterocycles. The second-order valence-electron chi connectivity index (χ2n) is 7.74. The number of halogens is 1. The van der Waals surface area contributed by atoms with Crippen LogP contribution in [0.25, 0.3) is 5.65 Å². The zero-order valence-electron chi connectivity index (χ0n) is 17.3. The maximum atomic E-state index is 14.7. The minimum absolute atomic E-state index is 0.107. The number of carbonyl (C=O) groups excluding carboxylic acids is 1. The van der Waals surface area contributed by atoms with Crippen LogP contribution in [0.2, 0.25) is 0 Å². The quantitative estimate of drug-likeness (QED) is 0.476. The minimum Gasteiger partial charge on any atom is -0.326 e. The third-order valence-corrected chi connectivity index (χ3v) is 5.52. The Balaban J connectivity index is 1.69. The molecule has 4 nitrogen and oxygen atoms in total. The molecule has 152 valence electrons. The first-order valence-corrected chi connectivity index (χ1v) is 9.97. The number of carbonyl (C=O) groups is 1. The number of hydrogen-bond acceptors (Lipinski definition) is 2. The molecule has 1 N–H and O–H groups in total. The van der Waals surface area contributed by atoms with Crippen molar-refractivity contribution in [3.05, 3.63) is 101 Å². The number of hydrogen-bond donors (Lipinski definition) is 1. The summed E-state index contributed by atoms with van der Waals surface area (Å²) in [5.74, 6) is -0.965. The highest BCUT2D eigenvalue weighted by atomic mass is 19.1. The van der Waals surface area contributed by atoms with E-state index < -0.39 is 5.92 Å². The molecule has 0 aliphatic heterocycles. The zero-order chi connectivity index (χ0) is 21.3. The van der Waals surface area contributed by atoms with E-state index in [9.17, 15) is 9.18 Å². The summed E-state index contributed by atoms with van der Waals surface area (Å²) < 4.78 is 16.6. The molecule has 0 aliphatic rings. The van der Waals surface area contributed by atoms with Crippen LogP contribution in [-0.4, -0.2) is 15.3 Å². The smallest absolute Gasteiger partial charge is 0.225 e. The Bertz CT molecular complexity index is 1230. The van der Waals surface area contributed by atoms with Crippen LogP contribution in [0.5, 0.6) is 0 Å². The van der Waals surface area contributed by atoms with Crippen molar-refractivity contribution in [2.45, 2.75) is 33.1 Å². The predicted molar refractivity (Wildman–Crippen MR) is 117 cm³/mol. The lowest BCUT2D eigenvalue weighted by Crippen LogP contribution is -2.18. The van der Waals surface area contributed by atoms with Gasteiger partial charge in [-0.3, -0.25) is 4.79 Å². The minimum atomic E-state index is -0.463. The van der Waals surface area contributed by atoms with E-state index in [-0.39, 0.29) is 18.1 Å². The third-order valence-electron chi connectivity index (χ3n) is 5.52. The highest BCUT2D eigenvalue weighted by Gasteiger charge is 2.24. The number of benzene rings is 2. The summed E-state index contributed by atoms with van der Waals surface area (Å²) in [7, 11) is 0. The molecule has 5 heteroatoms. The molecule has 1 atom stereocenters. The van der Waals surface area contributed by atoms with E-state index in [4.69, 9.17) is 0 Å². The molecule has 4 rings (SSSR count). The van der Waals surface area contributed by atoms with Gasteiger partial charge in [-0.15, -0.1) is 0 Å². The fourth-order valence-corrected chi connectivity index (χ4v) is 3.71. The average Bonchev–Trinajstić information content (AvgIpc) is 3.12. The lowest BCUT2D eigenvalue weighted by atomic mass is 9.91. The molecule has 4 aromatic rings. The molecular weight excluding hydrogens is 377 g/mol. The Kier molecular flexibility index (Phi) is 5.36. The van der Waals surface area contributed by atoms with Crippen LogP contribution in [0.4, 0.5) is 10.1 Å². The molecule has 0 bridgehead atoms. The van der Waals surface area contributed by atoms with Crippen molar-refractivity contribution < 1.29 is 9.18 Å². The van der Waals surface area contributed by atoms with Crippen molar-refractivity contribution in [1.29, 1.82) is 0 Å². The first-order valence-electron chi connectivity index (χ1n) is 9.97. The topological polar surface area (TPSA) is 46.4 Å². The number of aryl methyl sites for hydroxylation is 3. The number of nitrogens with one attached hydrogen (secondary N) is 1. The van der Waals surface area contributed by atoms with E-state index in [0.717, 1.165) is 28.2 Å². The van der Waals surface area contributed by atoms with Gasteiger partial charge in [-0.2, -0.15) is 0 Å². The number of anilines is 1. The van der Waals surface area contributed by atoms with Crippen molar-refractivity contribution >= 4 is 17.2 Å². The van der Waals surface area contributed by atoms with Gasteiger partial charge in [0.15, 0.2) is 0 Å². The maximum absolute atomic E-state index is 14.7. The molecule has 1 unspecified atom stereocenters. The Labute approximate surface area is 175 Å². The monoisotopic (exact) mass is 401 g/mol. The highest BCUT2D eigenvalue weighted by molar-refractivity contribution is 5.91. The molecule has 0 spiro atoms. The van der Waals surface area contributed by atoms with Crippen LogP contribution in [0.15, 0.2) is 67.0 Å². The summed E-state index contributed by atoms with van der Waals surface area (Å²) in [6.45, 7) is 6.04. The molecule has 2 aromatic carbocycles. The first-order chi connectivity index (χ1) is 14.4. The van der Waals surface area contributed by atoms with Gasteiger partial charge in [0.05, 0.1) is 5.69 Å². The van der Waals surface area contributed by atoms with Gasteiger partial charge in [0.25, 0.3) is 0 Å². The predicted octanol–water partition coefficient (Wildman–Crippen LogP) is 5.56. The van der Waals surface area contributed by atoms with Crippen LogP contribution in [0, 0.1) is 26.6 Å². The Morgan fingerprint density at radius 3 is 2.63 bits per heavy atom. The van der Waals surface area contributed by atoms with Crippen molar-refractivity contribution in [3.8, 4) is 0 Å². The van der Waals surface area contributed by atoms with E-state index in [2.05, 4.69) is 10.3 Å². The summed E-state index contributed by atoms with van der Waals surface area (Å²) in [5.41, 5.74) is 6.15. The van der Waals surface area contributed by atoms with Crippen molar-refractivity contribution in [3.63, 3.8) is 0 Å². The van der Waals surface area contributed by atoms with E-state index in [0.29, 0.717) is 5.56 Å². The molecular formula is C25H24FN3O. The van der Waals surface area contributed by atoms with Crippen molar-refractivity contribution in [1.82, 2.24) is 9.38 Å². The van der Waals surface area contributed by atoms with Gasteiger partial charge in [0.2, 0.25) is 5.91 Å². The van der Waals surface area contributed by atoms with E-state index in [1.165, 1.54) is 11.6 Å². The number of fused-ring (bicyclic) bond motifs is 1. The lowest BCUT2D eigenvalue weighted by molar-refractivity contribution is -0.116. The van der Waals surface area contributed by atoms with Crippen molar-refractivity contribution in [2.75, 3.05) is 5.32 Å². The highest BCUT2D eigenvalue weighted by Crippen LogP contribution is 2.31. The Morgan fingerprint density at radius 1 is 1.07 bits per heavy atom. The summed E-state index contributed by atoms with van der Waals surface area (Å²) in [6.07, 6.45) is 3.76. The number of aromatic nitrogens is 2. The standard InChI is InChI=1S/C25H24FN3O/c1-16-10-11-29-23(15-27-24(29)12-16)21(20-6-4-5-7-22(20)26)14-25(30)28-19-9-8-17(2)18(3)13-19/h4-13,15,21H,14H2,1-3H3,(H,28,30). The van der Waals surface area contributed by atoms with Gasteiger partial charge in [-0.05, 0) is 73.4 Å². The van der Waals surface area contributed by atoms with Crippen LogP contribution in [-0.2, 0) is 4.79 Å². The van der Waals surface area contributed by atoms with E-state index in [1.807, 2.05) is 61.7 Å². The van der Waals surface area contributed by atoms with Crippen LogP contribution >= 0.6 is 0 Å². The Hall–Kier alpha value is -3.47. The zero-order valence-corrected chi connectivity index (χ0v) is 17.3. The lowest BCUT2D eigenvalue weighted by Gasteiger charge is -2.18. The molecule has 0 saturated carbocycles. The number of nitrogens with zero attached hydrogens (tertiary/aromatic N) is 2. The van der Waals surface area contributed by atoms with Gasteiger partial charge >= 0.3 is 0 Å². The molecule has 0 radical (unpaired) electrons. The second kappa shape index (κ2) is 8.11. The van der Waals surface area contributed by atoms with Gasteiger partial charge < -0.3 is 9.72 Å². The van der Waals surface area contributed by atoms with Crippen LogP contribution < -0.4 is 5.32 Å². The number of pyridine rings is 1. The number of amides is 1. The summed E-state index contributed by atoms with van der Waals surface area (Å²) >= 11 is 0. The van der Waals surface area contributed by atoms with Gasteiger partial charge in [0, 0.05) is 30.4 Å². The molecule has 0 fully saturated rings. The van der Waals surface area contributed by atoms with Crippen molar-refractivity contribution in [2.24, 2.45) is 0 Å². The fraction of sp³-hybridized carbons (Fsp3) is 0.200. The first kappa shape index (κ1) is 19.8. The summed E-state index contributed by atoms with van der Waals surface area (Å²) in [5, 5.41) is 2.96. The molecule has 1 amide bonds. The molecule has 30 heavy (non-hydrogen) atoms. The molecule has 2 aromatic heterocycles. The third kappa shape index (κ3) is 3.96. The average molecular weight is 401 g/mol. The number of imidazole rings is 1.